The lowest BCUT2D eigenvalue weighted by Crippen LogP contribution is -2.19. The van der Waals surface area contributed by atoms with Crippen LogP contribution in [0.4, 0.5) is 5.69 Å². The summed E-state index contributed by atoms with van der Waals surface area (Å²) in [4.78, 5) is 22.4. The minimum atomic E-state index is -0.163. The predicted octanol–water partition coefficient (Wildman–Crippen LogP) is 3.94. The van der Waals surface area contributed by atoms with Gasteiger partial charge in [-0.2, -0.15) is 0 Å². The lowest BCUT2D eigenvalue weighted by molar-refractivity contribution is 0.101. The molecule has 0 aliphatic carbocycles. The minimum absolute atomic E-state index is 0.113. The maximum absolute atomic E-state index is 12.5. The Morgan fingerprint density at radius 1 is 1.21 bits per heavy atom. The van der Waals surface area contributed by atoms with Crippen molar-refractivity contribution in [2.45, 2.75) is 32.7 Å². The van der Waals surface area contributed by atoms with E-state index in [1.54, 1.807) is 23.7 Å². The number of aromatic nitrogens is 3. The van der Waals surface area contributed by atoms with Crippen LogP contribution in [0.5, 0.6) is 0 Å². The fourth-order valence-corrected chi connectivity index (χ4v) is 3.01. The summed E-state index contributed by atoms with van der Waals surface area (Å²) < 4.78 is 1.94. The van der Waals surface area contributed by atoms with E-state index in [1.165, 1.54) is 4.88 Å². The molecule has 0 aromatic carbocycles. The van der Waals surface area contributed by atoms with Gasteiger partial charge in [-0.05, 0) is 23.6 Å². The quantitative estimate of drug-likeness (QED) is 0.782. The summed E-state index contributed by atoms with van der Waals surface area (Å²) in [5.74, 6) is 0.588. The lowest BCUT2D eigenvalue weighted by Gasteiger charge is -2.16. The number of thiophene rings is 1. The number of amides is 1. The molecule has 0 saturated heterocycles. The third kappa shape index (κ3) is 3.71. The summed E-state index contributed by atoms with van der Waals surface area (Å²) in [5, 5.41) is 4.90. The van der Waals surface area contributed by atoms with Crippen molar-refractivity contribution in [1.82, 2.24) is 14.5 Å². The molecule has 1 N–H and O–H groups in total. The van der Waals surface area contributed by atoms with Gasteiger partial charge in [0.05, 0.1) is 24.6 Å². The molecule has 3 aromatic rings. The molecule has 0 unspecified atom stereocenters. The highest BCUT2D eigenvalue weighted by atomic mass is 32.1. The Morgan fingerprint density at radius 2 is 1.96 bits per heavy atom. The molecule has 124 valence electrons. The molecule has 0 spiro atoms. The zero-order valence-electron chi connectivity index (χ0n) is 14.0. The topological polar surface area (TPSA) is 59.8 Å². The Bertz CT molecular complexity index is 814. The van der Waals surface area contributed by atoms with Gasteiger partial charge in [0, 0.05) is 16.5 Å². The molecule has 0 atom stereocenters. The second kappa shape index (κ2) is 6.57. The lowest BCUT2D eigenvalue weighted by atomic mass is 9.96. The first-order chi connectivity index (χ1) is 11.4. The van der Waals surface area contributed by atoms with Crippen LogP contribution in [-0.4, -0.2) is 20.4 Å². The highest BCUT2D eigenvalue weighted by molar-refractivity contribution is 7.09. The summed E-state index contributed by atoms with van der Waals surface area (Å²) in [6.45, 7) is 6.85. The summed E-state index contributed by atoms with van der Waals surface area (Å²) in [6.07, 6.45) is 5.21. The molecule has 0 saturated carbocycles. The second-order valence-corrected chi connectivity index (χ2v) is 7.63. The van der Waals surface area contributed by atoms with Crippen molar-refractivity contribution in [1.29, 1.82) is 0 Å². The summed E-state index contributed by atoms with van der Waals surface area (Å²) in [6, 6.07) is 7.76. The van der Waals surface area contributed by atoms with E-state index < -0.39 is 0 Å². The number of carbonyl (C=O) groups excluding carboxylic acids is 1. The molecule has 0 bridgehead atoms. The second-order valence-electron chi connectivity index (χ2n) is 6.60. The van der Waals surface area contributed by atoms with Crippen LogP contribution >= 0.6 is 11.3 Å². The fraction of sp³-hybridized carbons (Fsp3) is 0.278. The standard InChI is InChI=1S/C18H20N4OS/c1-18(2,3)17-19-10-13(11-20-17)21-16(23)15-7-4-8-22(15)12-14-6-5-9-24-14/h4-11H,12H2,1-3H3,(H,21,23). The fourth-order valence-electron chi connectivity index (χ4n) is 2.30. The first-order valence-corrected chi connectivity index (χ1v) is 8.63. The Kier molecular flexibility index (Phi) is 4.49. The van der Waals surface area contributed by atoms with Crippen LogP contribution in [0.15, 0.2) is 48.2 Å². The van der Waals surface area contributed by atoms with Crippen molar-refractivity contribution >= 4 is 22.9 Å². The number of anilines is 1. The van der Waals surface area contributed by atoms with E-state index in [-0.39, 0.29) is 11.3 Å². The van der Waals surface area contributed by atoms with Crippen LogP contribution in [0, 0.1) is 0 Å². The van der Waals surface area contributed by atoms with Gasteiger partial charge >= 0.3 is 0 Å². The Balaban J connectivity index is 1.73. The maximum Gasteiger partial charge on any atom is 0.272 e. The van der Waals surface area contributed by atoms with Crippen LogP contribution in [-0.2, 0) is 12.0 Å². The van der Waals surface area contributed by atoms with E-state index in [0.717, 1.165) is 5.82 Å². The molecular formula is C18H20N4OS. The van der Waals surface area contributed by atoms with Crippen LogP contribution in [0.2, 0.25) is 0 Å². The molecule has 3 rings (SSSR count). The van der Waals surface area contributed by atoms with Crippen molar-refractivity contribution in [3.63, 3.8) is 0 Å². The smallest absolute Gasteiger partial charge is 0.272 e. The van der Waals surface area contributed by atoms with Crippen molar-refractivity contribution in [2.75, 3.05) is 5.32 Å². The summed E-state index contributed by atoms with van der Waals surface area (Å²) in [5.41, 5.74) is 1.10. The predicted molar refractivity (Wildman–Crippen MR) is 96.5 cm³/mol. The van der Waals surface area contributed by atoms with Gasteiger partial charge in [0.2, 0.25) is 0 Å². The van der Waals surface area contributed by atoms with Gasteiger partial charge in [0.15, 0.2) is 0 Å². The Labute approximate surface area is 145 Å². The largest absolute Gasteiger partial charge is 0.338 e. The SMILES string of the molecule is CC(C)(C)c1ncc(NC(=O)c2cccn2Cc2cccs2)cn1. The average Bonchev–Trinajstić information content (AvgIpc) is 3.19. The van der Waals surface area contributed by atoms with E-state index in [4.69, 9.17) is 0 Å². The highest BCUT2D eigenvalue weighted by Crippen LogP contribution is 2.19. The number of nitrogens with one attached hydrogen (secondary N) is 1. The number of nitrogens with zero attached hydrogens (tertiary/aromatic N) is 3. The number of rotatable bonds is 4. The van der Waals surface area contributed by atoms with Crippen LogP contribution in [0.3, 0.4) is 0 Å². The third-order valence-corrected chi connectivity index (χ3v) is 4.41. The molecule has 6 heteroatoms. The van der Waals surface area contributed by atoms with E-state index in [2.05, 4.69) is 42.1 Å². The van der Waals surface area contributed by atoms with Gasteiger partial charge in [-0.25, -0.2) is 9.97 Å². The number of hydrogen-bond donors (Lipinski definition) is 1. The molecule has 0 aliphatic rings. The van der Waals surface area contributed by atoms with E-state index in [0.29, 0.717) is 17.9 Å². The van der Waals surface area contributed by atoms with Crippen molar-refractivity contribution in [3.8, 4) is 0 Å². The van der Waals surface area contributed by atoms with Gasteiger partial charge in [-0.15, -0.1) is 11.3 Å². The molecule has 3 heterocycles. The average molecular weight is 340 g/mol. The van der Waals surface area contributed by atoms with E-state index in [1.807, 2.05) is 34.3 Å². The van der Waals surface area contributed by atoms with Crippen molar-refractivity contribution in [3.05, 3.63) is 64.6 Å². The third-order valence-electron chi connectivity index (χ3n) is 3.55. The number of hydrogen-bond acceptors (Lipinski definition) is 4. The first-order valence-electron chi connectivity index (χ1n) is 7.75. The van der Waals surface area contributed by atoms with Gasteiger partial charge < -0.3 is 9.88 Å². The minimum Gasteiger partial charge on any atom is -0.338 e. The first kappa shape index (κ1) is 16.4. The molecule has 1 amide bonds. The van der Waals surface area contributed by atoms with Crippen LogP contribution in [0.1, 0.15) is 42.0 Å². The summed E-state index contributed by atoms with van der Waals surface area (Å²) in [7, 11) is 0. The monoisotopic (exact) mass is 340 g/mol. The molecule has 0 fully saturated rings. The van der Waals surface area contributed by atoms with Gasteiger partial charge in [0.1, 0.15) is 11.5 Å². The highest BCUT2D eigenvalue weighted by Gasteiger charge is 2.17. The molecule has 3 aromatic heterocycles. The zero-order chi connectivity index (χ0) is 17.2. The molecule has 24 heavy (non-hydrogen) atoms. The number of carbonyl (C=O) groups is 1. The van der Waals surface area contributed by atoms with Crippen molar-refractivity contribution < 1.29 is 4.79 Å². The van der Waals surface area contributed by atoms with Crippen molar-refractivity contribution in [2.24, 2.45) is 0 Å². The van der Waals surface area contributed by atoms with Gasteiger partial charge in [0.25, 0.3) is 5.91 Å². The van der Waals surface area contributed by atoms with E-state index in [9.17, 15) is 4.79 Å². The van der Waals surface area contributed by atoms with Gasteiger partial charge in [-0.3, -0.25) is 4.79 Å². The maximum atomic E-state index is 12.5. The van der Waals surface area contributed by atoms with E-state index >= 15 is 0 Å². The Morgan fingerprint density at radius 3 is 2.58 bits per heavy atom. The molecule has 0 radical (unpaired) electrons. The van der Waals surface area contributed by atoms with Crippen LogP contribution < -0.4 is 5.32 Å². The molecule has 0 aliphatic heterocycles. The normalized spacial score (nSPS) is 11.5. The Hall–Kier alpha value is -2.47. The molecular weight excluding hydrogens is 320 g/mol. The summed E-state index contributed by atoms with van der Waals surface area (Å²) >= 11 is 1.68. The zero-order valence-corrected chi connectivity index (χ0v) is 14.8. The van der Waals surface area contributed by atoms with Crippen LogP contribution in [0.25, 0.3) is 0 Å². The van der Waals surface area contributed by atoms with Gasteiger partial charge in [-0.1, -0.05) is 26.8 Å². The molecule has 5 nitrogen and oxygen atoms in total.